The van der Waals surface area contributed by atoms with Crippen LogP contribution in [0.4, 0.5) is 0 Å². The number of hydrogen-bond acceptors (Lipinski definition) is 5. The van der Waals surface area contributed by atoms with Crippen LogP contribution in [0.1, 0.15) is 52.5 Å². The van der Waals surface area contributed by atoms with Crippen LogP contribution < -0.4 is 5.32 Å². The highest BCUT2D eigenvalue weighted by atomic mass is 16.5. The van der Waals surface area contributed by atoms with Crippen LogP contribution in [0.2, 0.25) is 0 Å². The molecule has 0 radical (unpaired) electrons. The van der Waals surface area contributed by atoms with E-state index in [-0.39, 0.29) is 17.9 Å². The Bertz CT molecular complexity index is 988. The Hall–Kier alpha value is -3.35. The van der Waals surface area contributed by atoms with Crippen LogP contribution in [0.15, 0.2) is 47.1 Å². The van der Waals surface area contributed by atoms with Gasteiger partial charge in [0.2, 0.25) is 0 Å². The number of ether oxygens (including phenoxy) is 1. The predicted molar refractivity (Wildman–Crippen MR) is 108 cm³/mol. The molecule has 0 aliphatic heterocycles. The van der Waals surface area contributed by atoms with Crippen molar-refractivity contribution in [3.63, 3.8) is 0 Å². The fourth-order valence-corrected chi connectivity index (χ4v) is 3.26. The zero-order valence-corrected chi connectivity index (χ0v) is 17.1. The Morgan fingerprint density at radius 2 is 1.93 bits per heavy atom. The van der Waals surface area contributed by atoms with Gasteiger partial charge in [-0.3, -0.25) is 9.59 Å². The summed E-state index contributed by atoms with van der Waals surface area (Å²) < 4.78 is 11.9. The van der Waals surface area contributed by atoms with E-state index in [0.29, 0.717) is 24.2 Å². The van der Waals surface area contributed by atoms with E-state index in [1.807, 2.05) is 43.7 Å². The summed E-state index contributed by atoms with van der Waals surface area (Å²) in [6.07, 6.45) is 2.48. The van der Waals surface area contributed by atoms with E-state index in [1.165, 1.54) is 7.11 Å². The lowest BCUT2D eigenvalue weighted by atomic mass is 10.1. The minimum atomic E-state index is -0.240. The number of nitrogens with zero attached hydrogens (tertiary/aromatic N) is 2. The summed E-state index contributed by atoms with van der Waals surface area (Å²) in [5.74, 6) is 0.292. The fourth-order valence-electron chi connectivity index (χ4n) is 3.26. The highest BCUT2D eigenvalue weighted by molar-refractivity contribution is 5.94. The van der Waals surface area contributed by atoms with Gasteiger partial charge in [0.05, 0.1) is 30.8 Å². The van der Waals surface area contributed by atoms with Gasteiger partial charge in [-0.15, -0.1) is 0 Å². The summed E-state index contributed by atoms with van der Waals surface area (Å²) in [7, 11) is 1.39. The van der Waals surface area contributed by atoms with Gasteiger partial charge in [-0.1, -0.05) is 0 Å². The van der Waals surface area contributed by atoms with E-state index in [0.717, 1.165) is 22.6 Å². The van der Waals surface area contributed by atoms with Crippen LogP contribution in [0.25, 0.3) is 5.69 Å². The highest BCUT2D eigenvalue weighted by Gasteiger charge is 2.16. The van der Waals surface area contributed by atoms with Gasteiger partial charge >= 0.3 is 5.97 Å². The fraction of sp³-hybridized carbons (Fsp3) is 0.318. The van der Waals surface area contributed by atoms with Gasteiger partial charge in [0.1, 0.15) is 5.76 Å². The number of benzene rings is 1. The third-order valence-corrected chi connectivity index (χ3v) is 4.94. The molecule has 2 heterocycles. The van der Waals surface area contributed by atoms with Crippen molar-refractivity contribution in [3.8, 4) is 5.69 Å². The van der Waals surface area contributed by atoms with Crippen LogP contribution in [0, 0.1) is 13.8 Å². The van der Waals surface area contributed by atoms with Gasteiger partial charge in [-0.2, -0.15) is 5.10 Å². The van der Waals surface area contributed by atoms with Gasteiger partial charge in [0.15, 0.2) is 0 Å². The maximum absolute atomic E-state index is 12.5. The standard InChI is InChI=1S/C22H25N3O4/c1-14-19(11-12-21(26)28-4)16(3)25(24-14)18-9-7-17(8-10-18)22(27)23-15(2)20-6-5-13-29-20/h5-10,13,15H,11-12H2,1-4H3,(H,23,27)/t15-/m1/s1. The van der Waals surface area contributed by atoms with Crippen molar-refractivity contribution in [1.29, 1.82) is 0 Å². The molecule has 0 spiro atoms. The van der Waals surface area contributed by atoms with E-state index in [4.69, 9.17) is 9.15 Å². The maximum atomic E-state index is 12.5. The molecular weight excluding hydrogens is 370 g/mol. The lowest BCUT2D eigenvalue weighted by molar-refractivity contribution is -0.140. The lowest BCUT2D eigenvalue weighted by Gasteiger charge is -2.12. The van der Waals surface area contributed by atoms with Crippen molar-refractivity contribution in [2.45, 2.75) is 39.7 Å². The van der Waals surface area contributed by atoms with Gasteiger partial charge in [-0.25, -0.2) is 4.68 Å². The molecule has 7 nitrogen and oxygen atoms in total. The number of aromatic nitrogens is 2. The van der Waals surface area contributed by atoms with Crippen LogP contribution in [0.3, 0.4) is 0 Å². The second-order valence-electron chi connectivity index (χ2n) is 6.89. The van der Waals surface area contributed by atoms with E-state index in [2.05, 4.69) is 10.4 Å². The molecule has 0 aliphatic carbocycles. The summed E-state index contributed by atoms with van der Waals surface area (Å²) in [6, 6.07) is 10.7. The average Bonchev–Trinajstić information content (AvgIpc) is 3.35. The number of carbonyl (C=O) groups is 2. The summed E-state index contributed by atoms with van der Waals surface area (Å²) in [6.45, 7) is 5.77. The van der Waals surface area contributed by atoms with Crippen molar-refractivity contribution < 1.29 is 18.7 Å². The molecule has 0 fully saturated rings. The molecule has 152 valence electrons. The first-order valence-corrected chi connectivity index (χ1v) is 9.47. The third kappa shape index (κ3) is 4.56. The molecule has 7 heteroatoms. The van der Waals surface area contributed by atoms with Crippen LogP contribution in [-0.2, 0) is 16.0 Å². The molecule has 1 amide bonds. The summed E-state index contributed by atoms with van der Waals surface area (Å²) >= 11 is 0. The van der Waals surface area contributed by atoms with E-state index in [9.17, 15) is 9.59 Å². The van der Waals surface area contributed by atoms with Crippen molar-refractivity contribution >= 4 is 11.9 Å². The second kappa shape index (κ2) is 8.77. The topological polar surface area (TPSA) is 86.4 Å². The van der Waals surface area contributed by atoms with Gasteiger partial charge < -0.3 is 14.5 Å². The van der Waals surface area contributed by atoms with E-state index < -0.39 is 0 Å². The maximum Gasteiger partial charge on any atom is 0.305 e. The summed E-state index contributed by atoms with van der Waals surface area (Å²) in [5, 5.41) is 7.51. The first kappa shape index (κ1) is 20.4. The van der Waals surface area contributed by atoms with Crippen LogP contribution in [0.5, 0.6) is 0 Å². The molecule has 1 N–H and O–H groups in total. The Balaban J connectivity index is 1.73. The van der Waals surface area contributed by atoms with E-state index in [1.54, 1.807) is 24.5 Å². The van der Waals surface area contributed by atoms with Crippen LogP contribution in [-0.4, -0.2) is 28.8 Å². The monoisotopic (exact) mass is 395 g/mol. The van der Waals surface area contributed by atoms with Crippen molar-refractivity contribution in [2.24, 2.45) is 0 Å². The van der Waals surface area contributed by atoms with E-state index >= 15 is 0 Å². The summed E-state index contributed by atoms with van der Waals surface area (Å²) in [5.41, 5.74) is 4.28. The number of aryl methyl sites for hydroxylation is 1. The molecule has 0 saturated heterocycles. The number of hydrogen-bond donors (Lipinski definition) is 1. The quantitative estimate of drug-likeness (QED) is 0.617. The Morgan fingerprint density at radius 3 is 2.55 bits per heavy atom. The minimum Gasteiger partial charge on any atom is -0.469 e. The molecule has 29 heavy (non-hydrogen) atoms. The summed E-state index contributed by atoms with van der Waals surface area (Å²) in [4.78, 5) is 23.9. The predicted octanol–water partition coefficient (Wildman–Crippen LogP) is 3.68. The zero-order chi connectivity index (χ0) is 21.0. The first-order chi connectivity index (χ1) is 13.9. The first-order valence-electron chi connectivity index (χ1n) is 9.47. The Morgan fingerprint density at radius 1 is 1.21 bits per heavy atom. The molecule has 2 aromatic heterocycles. The van der Waals surface area contributed by atoms with Gasteiger partial charge in [0.25, 0.3) is 5.91 Å². The highest BCUT2D eigenvalue weighted by Crippen LogP contribution is 2.20. The molecule has 3 rings (SSSR count). The van der Waals surface area contributed by atoms with Crippen LogP contribution >= 0.6 is 0 Å². The smallest absolute Gasteiger partial charge is 0.305 e. The molecule has 0 saturated carbocycles. The average molecular weight is 395 g/mol. The largest absolute Gasteiger partial charge is 0.469 e. The van der Waals surface area contributed by atoms with Gasteiger partial charge in [0, 0.05) is 17.7 Å². The molecule has 0 aliphatic rings. The second-order valence-corrected chi connectivity index (χ2v) is 6.89. The Labute approximate surface area is 169 Å². The zero-order valence-electron chi connectivity index (χ0n) is 17.1. The minimum absolute atomic E-state index is 0.174. The molecule has 1 atom stereocenters. The number of methoxy groups -OCH3 is 1. The number of esters is 1. The molecule has 1 aromatic carbocycles. The van der Waals surface area contributed by atoms with Crippen molar-refractivity contribution in [3.05, 3.63) is 70.9 Å². The lowest BCUT2D eigenvalue weighted by Crippen LogP contribution is -2.26. The SMILES string of the molecule is COC(=O)CCc1c(C)nn(-c2ccc(C(=O)N[C@H](C)c3ccco3)cc2)c1C. The third-order valence-electron chi connectivity index (χ3n) is 4.94. The number of rotatable bonds is 7. The van der Waals surface area contributed by atoms with Gasteiger partial charge in [-0.05, 0) is 69.2 Å². The molecular formula is C22H25N3O4. The number of furan rings is 1. The van der Waals surface area contributed by atoms with Crippen molar-refractivity contribution in [1.82, 2.24) is 15.1 Å². The number of carbonyl (C=O) groups excluding carboxylic acids is 2. The Kier molecular flexibility index (Phi) is 6.16. The molecule has 0 bridgehead atoms. The molecule has 3 aromatic rings. The number of nitrogens with one attached hydrogen (secondary N) is 1. The molecule has 0 unspecified atom stereocenters. The normalized spacial score (nSPS) is 11.9. The number of amides is 1. The van der Waals surface area contributed by atoms with Crippen molar-refractivity contribution in [2.75, 3.05) is 7.11 Å².